The Kier molecular flexibility index (Phi) is 5.65. The summed E-state index contributed by atoms with van der Waals surface area (Å²) in [5.74, 6) is 0.985. The molecule has 1 saturated heterocycles. The third-order valence-electron chi connectivity index (χ3n) is 4.17. The van der Waals surface area contributed by atoms with Gasteiger partial charge in [-0.25, -0.2) is 9.37 Å². The number of carbonyl (C=O) groups excluding carboxylic acids is 1. The maximum atomic E-state index is 13.9. The van der Waals surface area contributed by atoms with Crippen molar-refractivity contribution in [3.05, 3.63) is 45.2 Å². The van der Waals surface area contributed by atoms with E-state index in [1.54, 1.807) is 6.07 Å². The third-order valence-corrected chi connectivity index (χ3v) is 6.70. The van der Waals surface area contributed by atoms with E-state index in [9.17, 15) is 14.0 Å². The molecule has 0 bridgehead atoms. The Hall–Kier alpha value is -1.98. The van der Waals surface area contributed by atoms with Crippen molar-refractivity contribution < 1.29 is 9.18 Å². The van der Waals surface area contributed by atoms with Gasteiger partial charge in [-0.1, -0.05) is 27.3 Å². The van der Waals surface area contributed by atoms with Crippen molar-refractivity contribution in [2.75, 3.05) is 34.8 Å². The summed E-state index contributed by atoms with van der Waals surface area (Å²) in [6.45, 7) is 1.52. The molecule has 0 radical (unpaired) electrons. The van der Waals surface area contributed by atoms with Crippen molar-refractivity contribution in [2.24, 2.45) is 0 Å². The molecule has 1 aliphatic heterocycles. The summed E-state index contributed by atoms with van der Waals surface area (Å²) in [5, 5.41) is 3.25. The Balaban J connectivity index is 1.54. The summed E-state index contributed by atoms with van der Waals surface area (Å²) in [6, 6.07) is 4.33. The van der Waals surface area contributed by atoms with E-state index < -0.39 is 11.7 Å². The molecule has 0 atom stereocenters. The van der Waals surface area contributed by atoms with E-state index in [-0.39, 0.29) is 17.8 Å². The predicted octanol–water partition coefficient (Wildman–Crippen LogP) is 2.95. The number of nitrogens with zero attached hydrogens (tertiary/aromatic N) is 4. The van der Waals surface area contributed by atoms with Gasteiger partial charge in [0.2, 0.25) is 5.91 Å². The minimum atomic E-state index is -0.560. The number of carbonyl (C=O) groups is 1. The van der Waals surface area contributed by atoms with E-state index in [1.165, 1.54) is 34.4 Å². The molecule has 4 rings (SSSR count). The second kappa shape index (κ2) is 8.18. The highest BCUT2D eigenvalue weighted by atomic mass is 79.9. The van der Waals surface area contributed by atoms with Crippen LogP contribution in [0, 0.1) is 5.82 Å². The summed E-state index contributed by atoms with van der Waals surface area (Å²) in [7, 11) is 0. The molecule has 0 unspecified atom stereocenters. The van der Waals surface area contributed by atoms with Gasteiger partial charge >= 0.3 is 0 Å². The number of hydrogen-bond acceptors (Lipinski definition) is 7. The average Bonchev–Trinajstić information content (AvgIpc) is 3.12. The van der Waals surface area contributed by atoms with Crippen LogP contribution in [0.2, 0.25) is 0 Å². The van der Waals surface area contributed by atoms with Crippen LogP contribution in [0.3, 0.4) is 0 Å². The van der Waals surface area contributed by atoms with Gasteiger partial charge < -0.3 is 10.2 Å². The molecule has 7 nitrogen and oxygen atoms in total. The van der Waals surface area contributed by atoms with Crippen LogP contribution >= 0.6 is 39.0 Å². The normalized spacial score (nSPS) is 14.4. The zero-order valence-electron chi connectivity index (χ0n) is 14.5. The van der Waals surface area contributed by atoms with Crippen LogP contribution in [0.15, 0.2) is 33.8 Å². The summed E-state index contributed by atoms with van der Waals surface area (Å²) in [4.78, 5) is 35.8. The van der Waals surface area contributed by atoms with E-state index in [2.05, 4.69) is 36.1 Å². The lowest BCUT2D eigenvalue weighted by Crippen LogP contribution is -2.32. The van der Waals surface area contributed by atoms with E-state index in [0.29, 0.717) is 14.8 Å². The van der Waals surface area contributed by atoms with Crippen LogP contribution in [0.25, 0.3) is 10.3 Å². The van der Waals surface area contributed by atoms with Crippen LogP contribution in [0.1, 0.15) is 0 Å². The molecule has 0 saturated carbocycles. The number of aromatic nitrogens is 3. The van der Waals surface area contributed by atoms with Crippen molar-refractivity contribution in [3.8, 4) is 0 Å². The number of amides is 1. The predicted molar refractivity (Wildman–Crippen MR) is 114 cm³/mol. The number of rotatable bonds is 4. The number of hydrogen-bond donors (Lipinski definition) is 1. The van der Waals surface area contributed by atoms with Gasteiger partial charge in [-0.2, -0.15) is 16.7 Å². The second-order valence-corrected chi connectivity index (χ2v) is 9.22. The van der Waals surface area contributed by atoms with Crippen LogP contribution in [-0.4, -0.2) is 45.0 Å². The molecule has 11 heteroatoms. The van der Waals surface area contributed by atoms with E-state index in [1.807, 2.05) is 11.8 Å². The number of benzene rings is 1. The minimum Gasteiger partial charge on any atom is -0.346 e. The Labute approximate surface area is 176 Å². The van der Waals surface area contributed by atoms with Crippen LogP contribution in [0.4, 0.5) is 15.2 Å². The quantitative estimate of drug-likeness (QED) is 0.614. The average molecular weight is 484 g/mol. The standard InChI is InChI=1S/C17H15BrFN5O2S2/c18-10-1-2-12(11(19)7-10)21-13(25)8-24-9-20-15-14(16(24)26)28-17(22-15)23-3-5-27-6-4-23/h1-2,7,9H,3-6,8H2,(H,21,25). The Morgan fingerprint density at radius 3 is 2.86 bits per heavy atom. The molecule has 2 aromatic heterocycles. The first kappa shape index (κ1) is 19.3. The fraction of sp³-hybridized carbons (Fsp3) is 0.294. The Morgan fingerprint density at radius 1 is 1.32 bits per heavy atom. The third kappa shape index (κ3) is 4.06. The van der Waals surface area contributed by atoms with Crippen molar-refractivity contribution in [3.63, 3.8) is 0 Å². The van der Waals surface area contributed by atoms with Gasteiger partial charge in [-0.05, 0) is 18.2 Å². The number of halogens is 2. The lowest BCUT2D eigenvalue weighted by molar-refractivity contribution is -0.116. The van der Waals surface area contributed by atoms with Crippen LogP contribution in [-0.2, 0) is 11.3 Å². The molecule has 1 aliphatic rings. The number of nitrogens with one attached hydrogen (secondary N) is 1. The number of thiazole rings is 1. The molecule has 0 spiro atoms. The highest BCUT2D eigenvalue weighted by Crippen LogP contribution is 2.27. The zero-order valence-corrected chi connectivity index (χ0v) is 17.7. The number of anilines is 2. The fourth-order valence-electron chi connectivity index (χ4n) is 2.77. The maximum Gasteiger partial charge on any atom is 0.273 e. The van der Waals surface area contributed by atoms with E-state index in [4.69, 9.17) is 0 Å². The number of fused-ring (bicyclic) bond motifs is 1. The Bertz CT molecular complexity index is 1100. The molecule has 3 heterocycles. The number of thioether (sulfide) groups is 1. The van der Waals surface area contributed by atoms with Crippen molar-refractivity contribution in [2.45, 2.75) is 6.54 Å². The van der Waals surface area contributed by atoms with E-state index in [0.717, 1.165) is 29.7 Å². The minimum absolute atomic E-state index is 0.0540. The first-order valence-electron chi connectivity index (χ1n) is 8.45. The van der Waals surface area contributed by atoms with Gasteiger partial charge in [0.15, 0.2) is 10.8 Å². The van der Waals surface area contributed by atoms with E-state index >= 15 is 0 Å². The van der Waals surface area contributed by atoms with Crippen molar-refractivity contribution in [1.82, 2.24) is 14.5 Å². The second-order valence-electron chi connectivity index (χ2n) is 6.10. The first-order valence-corrected chi connectivity index (χ1v) is 11.2. The van der Waals surface area contributed by atoms with Crippen LogP contribution in [0.5, 0.6) is 0 Å². The molecule has 28 heavy (non-hydrogen) atoms. The van der Waals surface area contributed by atoms with Crippen molar-refractivity contribution in [1.29, 1.82) is 0 Å². The lowest BCUT2D eigenvalue weighted by Gasteiger charge is -2.25. The fourth-order valence-corrected chi connectivity index (χ4v) is 5.03. The lowest BCUT2D eigenvalue weighted by atomic mass is 10.3. The molecular weight excluding hydrogens is 469 g/mol. The highest BCUT2D eigenvalue weighted by Gasteiger charge is 2.18. The van der Waals surface area contributed by atoms with Crippen molar-refractivity contribution >= 4 is 66.1 Å². The molecule has 146 valence electrons. The van der Waals surface area contributed by atoms with Gasteiger partial charge in [0, 0.05) is 29.1 Å². The van der Waals surface area contributed by atoms with Gasteiger partial charge in [0.1, 0.15) is 23.4 Å². The largest absolute Gasteiger partial charge is 0.346 e. The summed E-state index contributed by atoms with van der Waals surface area (Å²) in [5.41, 5.74) is 0.115. The summed E-state index contributed by atoms with van der Waals surface area (Å²) >= 11 is 6.35. The summed E-state index contributed by atoms with van der Waals surface area (Å²) in [6.07, 6.45) is 1.30. The Morgan fingerprint density at radius 2 is 2.11 bits per heavy atom. The first-order chi connectivity index (χ1) is 13.5. The topological polar surface area (TPSA) is 80.1 Å². The van der Waals surface area contributed by atoms with Crippen LogP contribution < -0.4 is 15.8 Å². The molecule has 1 N–H and O–H groups in total. The smallest absolute Gasteiger partial charge is 0.273 e. The van der Waals surface area contributed by atoms with Gasteiger partial charge in [-0.3, -0.25) is 14.2 Å². The molecule has 1 fully saturated rings. The maximum absolute atomic E-state index is 13.9. The SMILES string of the molecule is O=C(Cn1cnc2nc(N3CCSCC3)sc2c1=O)Nc1ccc(Br)cc1F. The summed E-state index contributed by atoms with van der Waals surface area (Å²) < 4.78 is 16.1. The molecular formula is C17H15BrFN5O2S2. The molecule has 1 amide bonds. The molecule has 3 aromatic rings. The van der Waals surface area contributed by atoms with Gasteiger partial charge in [-0.15, -0.1) is 0 Å². The molecule has 1 aromatic carbocycles. The zero-order chi connectivity index (χ0) is 19.7. The van der Waals surface area contributed by atoms with Gasteiger partial charge in [0.25, 0.3) is 5.56 Å². The monoisotopic (exact) mass is 483 g/mol. The highest BCUT2D eigenvalue weighted by molar-refractivity contribution is 9.10. The van der Waals surface area contributed by atoms with Gasteiger partial charge in [0.05, 0.1) is 5.69 Å². The molecule has 0 aliphatic carbocycles.